The molecule has 0 atom stereocenters. The molecule has 96 valence electrons. The van der Waals surface area contributed by atoms with Crippen LogP contribution >= 0.6 is 24.0 Å². The van der Waals surface area contributed by atoms with Crippen molar-refractivity contribution >= 4 is 45.6 Å². The van der Waals surface area contributed by atoms with Gasteiger partial charge in [0.05, 0.1) is 5.71 Å². The van der Waals surface area contributed by atoms with Crippen LogP contribution in [0.4, 0.5) is 0 Å². The van der Waals surface area contributed by atoms with Gasteiger partial charge in [-0.3, -0.25) is 5.43 Å². The highest BCUT2D eigenvalue weighted by molar-refractivity contribution is 7.99. The molecule has 3 rings (SSSR count). The molecule has 0 radical (unpaired) electrons. The maximum atomic E-state index is 5.45. The summed E-state index contributed by atoms with van der Waals surface area (Å²) < 4.78 is 0. The number of nitrogens with two attached hydrogens (primary N) is 1. The van der Waals surface area contributed by atoms with Crippen LogP contribution in [0.25, 0.3) is 10.8 Å². The van der Waals surface area contributed by atoms with Crippen LogP contribution in [0.15, 0.2) is 46.4 Å². The van der Waals surface area contributed by atoms with Crippen LogP contribution in [0.5, 0.6) is 0 Å². The standard InChI is InChI=1S/C14H13N3S2/c15-14(18)17-16-11-7-8-19-12-6-5-9-3-1-2-4-10(9)13(11)12/h1-6H,7-8H2,(H3,15,17,18)/b16-11+. The van der Waals surface area contributed by atoms with Crippen LogP contribution in [0.1, 0.15) is 12.0 Å². The van der Waals surface area contributed by atoms with E-state index in [1.54, 1.807) is 0 Å². The lowest BCUT2D eigenvalue weighted by Gasteiger charge is -2.19. The van der Waals surface area contributed by atoms with Crippen LogP contribution in [0, 0.1) is 0 Å². The highest BCUT2D eigenvalue weighted by Gasteiger charge is 2.18. The molecule has 5 heteroatoms. The molecule has 0 saturated heterocycles. The Balaban J connectivity index is 2.18. The molecule has 19 heavy (non-hydrogen) atoms. The Morgan fingerprint density at radius 2 is 2.11 bits per heavy atom. The van der Waals surface area contributed by atoms with E-state index < -0.39 is 0 Å². The summed E-state index contributed by atoms with van der Waals surface area (Å²) in [6.45, 7) is 0. The van der Waals surface area contributed by atoms with E-state index in [1.165, 1.54) is 21.2 Å². The quantitative estimate of drug-likeness (QED) is 0.625. The van der Waals surface area contributed by atoms with Gasteiger partial charge in [0.15, 0.2) is 5.11 Å². The molecule has 1 aliphatic rings. The van der Waals surface area contributed by atoms with Gasteiger partial charge in [-0.25, -0.2) is 0 Å². The topological polar surface area (TPSA) is 50.4 Å². The third kappa shape index (κ3) is 2.43. The monoisotopic (exact) mass is 287 g/mol. The van der Waals surface area contributed by atoms with E-state index in [2.05, 4.69) is 46.9 Å². The number of thioether (sulfide) groups is 1. The Morgan fingerprint density at radius 1 is 1.26 bits per heavy atom. The molecule has 0 bridgehead atoms. The zero-order chi connectivity index (χ0) is 13.2. The average molecular weight is 287 g/mol. The van der Waals surface area contributed by atoms with Crippen molar-refractivity contribution in [2.45, 2.75) is 11.3 Å². The van der Waals surface area contributed by atoms with E-state index >= 15 is 0 Å². The van der Waals surface area contributed by atoms with Gasteiger partial charge in [0.2, 0.25) is 0 Å². The summed E-state index contributed by atoms with van der Waals surface area (Å²) in [5, 5.41) is 7.02. The van der Waals surface area contributed by atoms with E-state index in [1.807, 2.05) is 11.8 Å². The maximum Gasteiger partial charge on any atom is 0.184 e. The highest BCUT2D eigenvalue weighted by Crippen LogP contribution is 2.35. The van der Waals surface area contributed by atoms with Crippen LogP contribution in [-0.2, 0) is 0 Å². The zero-order valence-corrected chi connectivity index (χ0v) is 11.9. The maximum absolute atomic E-state index is 5.45. The number of hydrazone groups is 1. The van der Waals surface area contributed by atoms with Crippen LogP contribution in [0.2, 0.25) is 0 Å². The van der Waals surface area contributed by atoms with Crippen molar-refractivity contribution in [2.75, 3.05) is 5.75 Å². The molecule has 0 aliphatic carbocycles. The first-order chi connectivity index (χ1) is 9.25. The van der Waals surface area contributed by atoms with E-state index in [4.69, 9.17) is 18.0 Å². The minimum absolute atomic E-state index is 0.201. The summed E-state index contributed by atoms with van der Waals surface area (Å²) in [5.41, 5.74) is 10.4. The first-order valence-corrected chi connectivity index (χ1v) is 7.42. The third-order valence-electron chi connectivity index (χ3n) is 3.08. The molecule has 0 spiro atoms. The van der Waals surface area contributed by atoms with Gasteiger partial charge in [-0.15, -0.1) is 11.8 Å². The Bertz CT molecular complexity index is 679. The zero-order valence-electron chi connectivity index (χ0n) is 10.2. The lowest BCUT2D eigenvalue weighted by molar-refractivity contribution is 1.01. The second-order valence-corrected chi connectivity index (χ2v) is 5.87. The summed E-state index contributed by atoms with van der Waals surface area (Å²) >= 11 is 6.68. The fourth-order valence-electron chi connectivity index (χ4n) is 2.29. The molecule has 2 aromatic carbocycles. The molecular formula is C14H13N3S2. The highest BCUT2D eigenvalue weighted by atomic mass is 32.2. The molecule has 0 saturated carbocycles. The lowest BCUT2D eigenvalue weighted by Crippen LogP contribution is -2.26. The van der Waals surface area contributed by atoms with Gasteiger partial charge in [0.25, 0.3) is 0 Å². The van der Waals surface area contributed by atoms with Crippen LogP contribution < -0.4 is 11.2 Å². The molecule has 2 aromatic rings. The second-order valence-electron chi connectivity index (χ2n) is 4.29. The van der Waals surface area contributed by atoms with Gasteiger partial charge in [0.1, 0.15) is 0 Å². The van der Waals surface area contributed by atoms with Gasteiger partial charge < -0.3 is 5.73 Å². The molecule has 3 nitrogen and oxygen atoms in total. The minimum Gasteiger partial charge on any atom is -0.375 e. The lowest BCUT2D eigenvalue weighted by atomic mass is 9.99. The van der Waals surface area contributed by atoms with Crippen molar-refractivity contribution < 1.29 is 0 Å². The number of benzene rings is 2. The first kappa shape index (κ1) is 12.4. The molecule has 3 N–H and O–H groups in total. The van der Waals surface area contributed by atoms with Crippen LogP contribution in [-0.4, -0.2) is 16.6 Å². The van der Waals surface area contributed by atoms with Gasteiger partial charge in [-0.1, -0.05) is 30.3 Å². The van der Waals surface area contributed by atoms with Crippen molar-refractivity contribution in [3.63, 3.8) is 0 Å². The molecule has 1 aliphatic heterocycles. The Hall–Kier alpha value is -1.59. The summed E-state index contributed by atoms with van der Waals surface area (Å²) in [5.74, 6) is 1.03. The molecule has 0 fully saturated rings. The Labute approximate surface area is 121 Å². The smallest absolute Gasteiger partial charge is 0.184 e. The number of rotatable bonds is 1. The fourth-order valence-corrected chi connectivity index (χ4v) is 3.38. The largest absolute Gasteiger partial charge is 0.375 e. The number of fused-ring (bicyclic) bond motifs is 3. The Kier molecular flexibility index (Phi) is 3.40. The van der Waals surface area contributed by atoms with E-state index in [9.17, 15) is 0 Å². The van der Waals surface area contributed by atoms with Crippen molar-refractivity contribution in [1.29, 1.82) is 0 Å². The van der Waals surface area contributed by atoms with Gasteiger partial charge in [0, 0.05) is 22.6 Å². The number of nitrogens with zero attached hydrogens (tertiary/aromatic N) is 1. The number of hydrogen-bond acceptors (Lipinski definition) is 3. The molecule has 1 heterocycles. The number of nitrogens with one attached hydrogen (secondary N) is 1. The van der Waals surface area contributed by atoms with E-state index in [0.717, 1.165) is 17.9 Å². The molecular weight excluding hydrogens is 274 g/mol. The minimum atomic E-state index is 0.201. The second kappa shape index (κ2) is 5.19. The van der Waals surface area contributed by atoms with Crippen molar-refractivity contribution in [1.82, 2.24) is 5.43 Å². The summed E-state index contributed by atoms with van der Waals surface area (Å²) in [6, 6.07) is 12.7. The summed E-state index contributed by atoms with van der Waals surface area (Å²) in [7, 11) is 0. The van der Waals surface area contributed by atoms with Crippen LogP contribution in [0.3, 0.4) is 0 Å². The summed E-state index contributed by atoms with van der Waals surface area (Å²) in [4.78, 5) is 1.27. The fraction of sp³-hybridized carbons (Fsp3) is 0.143. The number of thiocarbonyl (C=S) groups is 1. The predicted molar refractivity (Wildman–Crippen MR) is 85.7 cm³/mol. The average Bonchev–Trinajstić information content (AvgIpc) is 2.44. The normalized spacial score (nSPS) is 16.3. The SMILES string of the molecule is NC(=S)N/N=C1\CCSc2ccc3ccccc3c21. The van der Waals surface area contributed by atoms with Crippen molar-refractivity contribution in [3.8, 4) is 0 Å². The summed E-state index contributed by atoms with van der Waals surface area (Å²) in [6.07, 6.45) is 0.918. The van der Waals surface area contributed by atoms with Crippen molar-refractivity contribution in [2.24, 2.45) is 10.8 Å². The van der Waals surface area contributed by atoms with Crippen molar-refractivity contribution in [3.05, 3.63) is 42.0 Å². The van der Waals surface area contributed by atoms with Gasteiger partial charge in [-0.2, -0.15) is 5.10 Å². The molecule has 0 unspecified atom stereocenters. The predicted octanol–water partition coefficient (Wildman–Crippen LogP) is 2.87. The van der Waals surface area contributed by atoms with Gasteiger partial charge >= 0.3 is 0 Å². The van der Waals surface area contributed by atoms with E-state index in [-0.39, 0.29) is 5.11 Å². The first-order valence-electron chi connectivity index (χ1n) is 6.02. The molecule has 0 aromatic heterocycles. The third-order valence-corrected chi connectivity index (χ3v) is 4.23. The Morgan fingerprint density at radius 3 is 2.95 bits per heavy atom. The number of hydrogen-bond donors (Lipinski definition) is 2. The molecule has 0 amide bonds. The van der Waals surface area contributed by atoms with Gasteiger partial charge in [-0.05, 0) is 29.1 Å². The van der Waals surface area contributed by atoms with E-state index in [0.29, 0.717) is 0 Å².